The molecule has 0 aliphatic heterocycles. The number of hydrogen-bond donors (Lipinski definition) is 0. The van der Waals surface area contributed by atoms with Gasteiger partial charge in [0.15, 0.2) is 0 Å². The van der Waals surface area contributed by atoms with Crippen LogP contribution in [0.2, 0.25) is 0 Å². The fourth-order valence-electron chi connectivity index (χ4n) is 9.72. The summed E-state index contributed by atoms with van der Waals surface area (Å²) in [5.74, 6) is 0. The number of rotatable bonds is 6. The van der Waals surface area contributed by atoms with Gasteiger partial charge in [-0.2, -0.15) is 0 Å². The summed E-state index contributed by atoms with van der Waals surface area (Å²) in [6.45, 7) is 4.74. The first kappa shape index (κ1) is 33.4. The molecule has 8 aromatic carbocycles. The molecule has 0 N–H and O–H groups in total. The van der Waals surface area contributed by atoms with Crippen molar-refractivity contribution in [2.45, 2.75) is 32.1 Å². The average molecular weight is 731 g/mol. The Labute approximate surface area is 333 Å². The lowest BCUT2D eigenvalue weighted by Crippen LogP contribution is -2.35. The fraction of sp³-hybridized carbons (Fsp3) is 0.0909. The minimum atomic E-state index is -0.0724. The van der Waals surface area contributed by atoms with Crippen molar-refractivity contribution in [1.29, 1.82) is 0 Å². The van der Waals surface area contributed by atoms with Gasteiger partial charge in [-0.1, -0.05) is 159 Å². The van der Waals surface area contributed by atoms with Gasteiger partial charge in [0.05, 0.1) is 11.0 Å². The van der Waals surface area contributed by atoms with Gasteiger partial charge in [-0.15, -0.1) is 0 Å². The highest BCUT2D eigenvalue weighted by Crippen LogP contribution is 2.50. The highest BCUT2D eigenvalue weighted by molar-refractivity contribution is 6.15. The van der Waals surface area contributed by atoms with E-state index in [4.69, 9.17) is 0 Å². The monoisotopic (exact) mass is 730 g/mol. The third-order valence-corrected chi connectivity index (χ3v) is 12.5. The van der Waals surface area contributed by atoms with Crippen LogP contribution in [0.3, 0.4) is 0 Å². The molecule has 0 saturated heterocycles. The predicted molar refractivity (Wildman–Crippen MR) is 241 cm³/mol. The first-order chi connectivity index (χ1) is 28.0. The lowest BCUT2D eigenvalue weighted by atomic mass is 9.82. The molecule has 272 valence electrons. The highest BCUT2D eigenvalue weighted by atomic mass is 15.1. The zero-order valence-electron chi connectivity index (χ0n) is 32.3. The molecule has 0 amide bonds. The van der Waals surface area contributed by atoms with Gasteiger partial charge in [0.1, 0.15) is 0 Å². The molecule has 0 spiro atoms. The normalized spacial score (nSPS) is 13.9. The van der Waals surface area contributed by atoms with Crippen molar-refractivity contribution < 1.29 is 0 Å². The van der Waals surface area contributed by atoms with Gasteiger partial charge in [-0.25, -0.2) is 0 Å². The molecule has 1 heterocycles. The molecule has 0 unspecified atom stereocenters. The molecule has 2 aliphatic carbocycles. The molecule has 2 nitrogen and oxygen atoms in total. The van der Waals surface area contributed by atoms with E-state index >= 15 is 0 Å². The topological polar surface area (TPSA) is 8.17 Å². The van der Waals surface area contributed by atoms with Crippen LogP contribution in [0.5, 0.6) is 0 Å². The fourth-order valence-corrected chi connectivity index (χ4v) is 9.72. The molecule has 1 aromatic heterocycles. The number of fused-ring (bicyclic) bond motifs is 7. The zero-order chi connectivity index (χ0) is 38.1. The number of benzene rings is 8. The summed E-state index contributed by atoms with van der Waals surface area (Å²) in [6, 6.07) is 69.4. The number of hydrogen-bond acceptors (Lipinski definition) is 1. The number of aromatic nitrogens is 1. The molecule has 0 radical (unpaired) electrons. The molecule has 0 atom stereocenters. The summed E-state index contributed by atoms with van der Waals surface area (Å²) in [4.78, 5) is 2.52. The van der Waals surface area contributed by atoms with Crippen molar-refractivity contribution in [1.82, 2.24) is 4.57 Å². The molecule has 2 aliphatic rings. The second kappa shape index (κ2) is 13.1. The second-order valence-corrected chi connectivity index (χ2v) is 16.0. The first-order valence-electron chi connectivity index (χ1n) is 20.2. The lowest BCUT2D eigenvalue weighted by Gasteiger charge is -2.31. The van der Waals surface area contributed by atoms with Crippen LogP contribution in [0.4, 0.5) is 11.4 Å². The Morgan fingerprint density at radius 3 is 1.96 bits per heavy atom. The smallest absolute Gasteiger partial charge is 0.0547 e. The van der Waals surface area contributed by atoms with Gasteiger partial charge in [-0.3, -0.25) is 0 Å². The van der Waals surface area contributed by atoms with E-state index in [0.717, 1.165) is 12.8 Å². The highest BCUT2D eigenvalue weighted by Gasteiger charge is 2.36. The van der Waals surface area contributed by atoms with Gasteiger partial charge < -0.3 is 9.47 Å². The van der Waals surface area contributed by atoms with Crippen molar-refractivity contribution in [3.8, 4) is 39.1 Å². The number of nitrogens with zero attached hydrogens (tertiary/aromatic N) is 2. The van der Waals surface area contributed by atoms with E-state index in [-0.39, 0.29) is 5.41 Å². The van der Waals surface area contributed by atoms with Crippen molar-refractivity contribution in [3.05, 3.63) is 210 Å². The summed E-state index contributed by atoms with van der Waals surface area (Å²) in [7, 11) is 0. The predicted octanol–water partition coefficient (Wildman–Crippen LogP) is 12.9. The molecule has 2 heteroatoms. The van der Waals surface area contributed by atoms with Crippen molar-refractivity contribution in [2.24, 2.45) is 0 Å². The van der Waals surface area contributed by atoms with E-state index in [1.807, 2.05) is 0 Å². The Morgan fingerprint density at radius 1 is 0.491 bits per heavy atom. The van der Waals surface area contributed by atoms with E-state index in [0.29, 0.717) is 0 Å². The Balaban J connectivity index is 0.983. The molecule has 0 bridgehead atoms. The standard InChI is InChI=1S/C55H42N2/c1-55(2)49-22-10-8-19-46(49)47-35-34-43(36-50(47)55)56(51-24-12-15-39-14-6-7-18-44(39)51)42-32-30-38(31-33-42)37-26-28-40(29-27-37)45-21-13-25-53-54(45)48-20-9-11-23-52(48)57(53)41-16-4-3-5-17-41/h3-11,13-23,25-36H,12,24H2,1-2H3. The summed E-state index contributed by atoms with van der Waals surface area (Å²) in [6.07, 6.45) is 4.39. The van der Waals surface area contributed by atoms with Crippen LogP contribution < -0.4 is 15.3 Å². The molecule has 11 rings (SSSR count). The SMILES string of the molecule is CC1(C)c2ccccc2-c2ccc(N(C3=c4ccccc4=CCC3)c3ccc(-c4ccc(-c5cccc6c5c5ccccc5n6-c5ccccc5)cc4)cc3)cc21. The molecule has 0 fully saturated rings. The number of para-hydroxylation sites is 2. The van der Waals surface area contributed by atoms with Crippen LogP contribution in [0, 0.1) is 0 Å². The Kier molecular flexibility index (Phi) is 7.69. The van der Waals surface area contributed by atoms with Crippen LogP contribution in [0.1, 0.15) is 37.8 Å². The summed E-state index contributed by atoms with van der Waals surface area (Å²) >= 11 is 0. The zero-order valence-corrected chi connectivity index (χ0v) is 32.3. The van der Waals surface area contributed by atoms with E-state index in [1.54, 1.807) is 0 Å². The van der Waals surface area contributed by atoms with Gasteiger partial charge in [0.2, 0.25) is 0 Å². The summed E-state index contributed by atoms with van der Waals surface area (Å²) in [5.41, 5.74) is 17.6. The maximum atomic E-state index is 2.52. The third kappa shape index (κ3) is 5.32. The van der Waals surface area contributed by atoms with Gasteiger partial charge in [-0.05, 0) is 111 Å². The van der Waals surface area contributed by atoms with Crippen LogP contribution in [-0.2, 0) is 5.41 Å². The van der Waals surface area contributed by atoms with E-state index in [1.165, 1.54) is 99.5 Å². The van der Waals surface area contributed by atoms with Crippen molar-refractivity contribution in [3.63, 3.8) is 0 Å². The Hall–Kier alpha value is -6.90. The lowest BCUT2D eigenvalue weighted by molar-refractivity contribution is 0.660. The van der Waals surface area contributed by atoms with Gasteiger partial charge in [0, 0.05) is 44.2 Å². The van der Waals surface area contributed by atoms with Crippen LogP contribution in [0.25, 0.3) is 72.6 Å². The van der Waals surface area contributed by atoms with Crippen molar-refractivity contribution in [2.75, 3.05) is 4.90 Å². The Morgan fingerprint density at radius 2 is 1.12 bits per heavy atom. The third-order valence-electron chi connectivity index (χ3n) is 12.5. The minimum Gasteiger partial charge on any atom is -0.314 e. The largest absolute Gasteiger partial charge is 0.314 e. The van der Waals surface area contributed by atoms with Crippen LogP contribution in [0.15, 0.2) is 188 Å². The molecular weight excluding hydrogens is 689 g/mol. The molecule has 9 aromatic rings. The average Bonchev–Trinajstić information content (AvgIpc) is 3.73. The molecule has 57 heavy (non-hydrogen) atoms. The summed E-state index contributed by atoms with van der Waals surface area (Å²) in [5, 5.41) is 5.18. The first-order valence-corrected chi connectivity index (χ1v) is 20.2. The van der Waals surface area contributed by atoms with Gasteiger partial charge in [0.25, 0.3) is 0 Å². The van der Waals surface area contributed by atoms with E-state index in [9.17, 15) is 0 Å². The van der Waals surface area contributed by atoms with E-state index in [2.05, 4.69) is 217 Å². The second-order valence-electron chi connectivity index (χ2n) is 16.0. The maximum absolute atomic E-state index is 2.52. The quantitative estimate of drug-likeness (QED) is 0.165. The van der Waals surface area contributed by atoms with Crippen molar-refractivity contribution >= 4 is 45.0 Å². The maximum Gasteiger partial charge on any atom is 0.0547 e. The van der Waals surface area contributed by atoms with Crippen LogP contribution in [-0.4, -0.2) is 4.57 Å². The molecule has 0 saturated carbocycles. The van der Waals surface area contributed by atoms with Gasteiger partial charge >= 0.3 is 0 Å². The minimum absolute atomic E-state index is 0.0724. The van der Waals surface area contributed by atoms with Crippen LogP contribution >= 0.6 is 0 Å². The molecular formula is C55H42N2. The number of anilines is 2. The Bertz CT molecular complexity index is 3130. The summed E-state index contributed by atoms with van der Waals surface area (Å²) < 4.78 is 2.39. The van der Waals surface area contributed by atoms with E-state index < -0.39 is 0 Å².